The van der Waals surface area contributed by atoms with Gasteiger partial charge in [-0.1, -0.05) is 54.4 Å². The predicted molar refractivity (Wildman–Crippen MR) is 122 cm³/mol. The molecule has 1 unspecified atom stereocenters. The smallest absolute Gasteiger partial charge is 0.242 e. The molecular weight excluding hydrogens is 446 g/mol. The molecule has 1 N–H and O–H groups in total. The molecule has 0 aliphatic rings. The van der Waals surface area contributed by atoms with E-state index in [1.165, 1.54) is 22.7 Å². The molecule has 2 amide bonds. The Balaban J connectivity index is 2.11. The molecule has 0 fully saturated rings. The monoisotopic (exact) mass is 470 g/mol. The minimum atomic E-state index is -0.676. The number of amides is 2. The molecule has 0 aliphatic heterocycles. The second-order valence-electron chi connectivity index (χ2n) is 6.81. The molecule has 0 radical (unpaired) electrons. The lowest BCUT2D eigenvalue weighted by molar-refractivity contribution is -0.138. The molecule has 0 saturated carbocycles. The van der Waals surface area contributed by atoms with Crippen LogP contribution in [0.4, 0.5) is 4.39 Å². The van der Waals surface area contributed by atoms with Crippen molar-refractivity contribution < 1.29 is 14.0 Å². The van der Waals surface area contributed by atoms with E-state index in [2.05, 4.69) is 5.32 Å². The van der Waals surface area contributed by atoms with E-state index in [1.54, 1.807) is 43.3 Å². The van der Waals surface area contributed by atoms with Crippen LogP contribution in [-0.4, -0.2) is 35.1 Å². The fraction of sp³-hybridized carbons (Fsp3) is 0.364. The normalized spacial score (nSPS) is 11.8. The first kappa shape index (κ1) is 24.5. The van der Waals surface area contributed by atoms with Gasteiger partial charge in [0.15, 0.2) is 0 Å². The molecule has 30 heavy (non-hydrogen) atoms. The van der Waals surface area contributed by atoms with Crippen molar-refractivity contribution in [2.75, 3.05) is 12.3 Å². The highest BCUT2D eigenvalue weighted by atomic mass is 35.5. The summed E-state index contributed by atoms with van der Waals surface area (Å²) in [6.07, 6.45) is 0.800. The van der Waals surface area contributed by atoms with Gasteiger partial charge in [0, 0.05) is 28.9 Å². The summed E-state index contributed by atoms with van der Waals surface area (Å²) in [7, 11) is 0. The third kappa shape index (κ3) is 7.18. The van der Waals surface area contributed by atoms with Crippen molar-refractivity contribution in [3.05, 3.63) is 69.5 Å². The van der Waals surface area contributed by atoms with Crippen molar-refractivity contribution >= 4 is 46.8 Å². The average molecular weight is 471 g/mol. The van der Waals surface area contributed by atoms with Gasteiger partial charge in [-0.3, -0.25) is 9.59 Å². The number of halogens is 3. The number of rotatable bonds is 10. The van der Waals surface area contributed by atoms with E-state index in [0.29, 0.717) is 33.5 Å². The van der Waals surface area contributed by atoms with E-state index in [4.69, 9.17) is 23.2 Å². The number of thioether (sulfide) groups is 1. The second-order valence-corrected chi connectivity index (χ2v) is 8.64. The Morgan fingerprint density at radius 1 is 1.17 bits per heavy atom. The van der Waals surface area contributed by atoms with E-state index >= 15 is 0 Å². The zero-order valence-corrected chi connectivity index (χ0v) is 19.3. The average Bonchev–Trinajstić information content (AvgIpc) is 2.72. The zero-order valence-electron chi connectivity index (χ0n) is 17.0. The Kier molecular flexibility index (Phi) is 9.95. The second kappa shape index (κ2) is 12.2. The molecule has 2 rings (SSSR count). The molecular formula is C22H25Cl2FN2O2S. The van der Waals surface area contributed by atoms with Gasteiger partial charge in [-0.25, -0.2) is 4.39 Å². The molecule has 2 aromatic carbocycles. The first-order valence-corrected chi connectivity index (χ1v) is 11.6. The van der Waals surface area contributed by atoms with Crippen molar-refractivity contribution in [3.63, 3.8) is 0 Å². The molecule has 4 nitrogen and oxygen atoms in total. The Morgan fingerprint density at radius 2 is 1.90 bits per heavy atom. The summed E-state index contributed by atoms with van der Waals surface area (Å²) in [6.45, 7) is 4.36. The Labute approximate surface area is 191 Å². The van der Waals surface area contributed by atoms with Crippen LogP contribution in [-0.2, 0) is 21.9 Å². The maximum atomic E-state index is 13.8. The van der Waals surface area contributed by atoms with Gasteiger partial charge in [0.05, 0.1) is 5.75 Å². The highest BCUT2D eigenvalue weighted by Crippen LogP contribution is 2.24. The first-order valence-electron chi connectivity index (χ1n) is 9.65. The number of carbonyl (C=O) groups excluding carboxylic acids is 2. The van der Waals surface area contributed by atoms with Gasteiger partial charge in [-0.05, 0) is 42.7 Å². The van der Waals surface area contributed by atoms with Crippen LogP contribution in [0.1, 0.15) is 31.4 Å². The van der Waals surface area contributed by atoms with E-state index in [1.807, 2.05) is 6.92 Å². The Hall–Kier alpha value is -1.76. The Bertz CT molecular complexity index is 882. The van der Waals surface area contributed by atoms with Gasteiger partial charge >= 0.3 is 0 Å². The number of nitrogens with one attached hydrogen (secondary N) is 1. The minimum Gasteiger partial charge on any atom is -0.354 e. The summed E-state index contributed by atoms with van der Waals surface area (Å²) in [4.78, 5) is 27.0. The van der Waals surface area contributed by atoms with Crippen molar-refractivity contribution in [2.45, 2.75) is 38.6 Å². The van der Waals surface area contributed by atoms with Crippen LogP contribution < -0.4 is 5.32 Å². The standard InChI is InChI=1S/C22H25Cl2FN2O2S/c1-3-10-26-22(29)15(2)27(12-16-8-9-18(23)11-19(16)24)21(28)14-30-13-17-6-4-5-7-20(17)25/h4-9,11,15H,3,10,12-14H2,1-2H3,(H,26,29). The maximum absolute atomic E-state index is 13.8. The fourth-order valence-electron chi connectivity index (χ4n) is 2.76. The summed E-state index contributed by atoms with van der Waals surface area (Å²) < 4.78 is 13.8. The first-order chi connectivity index (χ1) is 14.3. The third-order valence-corrected chi connectivity index (χ3v) is 6.07. The van der Waals surface area contributed by atoms with Crippen LogP contribution in [0.2, 0.25) is 10.0 Å². The largest absolute Gasteiger partial charge is 0.354 e. The Morgan fingerprint density at radius 3 is 2.57 bits per heavy atom. The van der Waals surface area contributed by atoms with Crippen molar-refractivity contribution in [2.24, 2.45) is 0 Å². The molecule has 0 spiro atoms. The molecule has 1 atom stereocenters. The lowest BCUT2D eigenvalue weighted by Crippen LogP contribution is -2.48. The van der Waals surface area contributed by atoms with Gasteiger partial charge in [0.25, 0.3) is 0 Å². The number of benzene rings is 2. The van der Waals surface area contributed by atoms with Crippen LogP contribution in [0, 0.1) is 5.82 Å². The van der Waals surface area contributed by atoms with E-state index in [-0.39, 0.29) is 29.9 Å². The molecule has 0 aromatic heterocycles. The van der Waals surface area contributed by atoms with Crippen LogP contribution >= 0.6 is 35.0 Å². The molecule has 0 bridgehead atoms. The predicted octanol–water partition coefficient (Wildman–Crippen LogP) is 5.31. The van der Waals surface area contributed by atoms with Crippen molar-refractivity contribution in [1.82, 2.24) is 10.2 Å². The van der Waals surface area contributed by atoms with Crippen molar-refractivity contribution in [3.8, 4) is 0 Å². The van der Waals surface area contributed by atoms with Gasteiger partial charge in [0.2, 0.25) is 11.8 Å². The molecule has 2 aromatic rings. The van der Waals surface area contributed by atoms with E-state index in [0.717, 1.165) is 6.42 Å². The topological polar surface area (TPSA) is 49.4 Å². The van der Waals surface area contributed by atoms with Crippen molar-refractivity contribution in [1.29, 1.82) is 0 Å². The van der Waals surface area contributed by atoms with E-state index in [9.17, 15) is 14.0 Å². The number of carbonyl (C=O) groups is 2. The summed E-state index contributed by atoms with van der Waals surface area (Å²) in [5.41, 5.74) is 1.24. The molecule has 0 heterocycles. The van der Waals surface area contributed by atoms with E-state index < -0.39 is 6.04 Å². The lowest BCUT2D eigenvalue weighted by Gasteiger charge is -2.29. The number of nitrogens with zero attached hydrogens (tertiary/aromatic N) is 1. The summed E-state index contributed by atoms with van der Waals surface area (Å²) in [5, 5.41) is 3.75. The van der Waals surface area contributed by atoms with Gasteiger partial charge in [-0.2, -0.15) is 0 Å². The summed E-state index contributed by atoms with van der Waals surface area (Å²) >= 11 is 13.5. The fourth-order valence-corrected chi connectivity index (χ4v) is 4.12. The zero-order chi connectivity index (χ0) is 22.1. The summed E-state index contributed by atoms with van der Waals surface area (Å²) in [6, 6.07) is 10.8. The third-order valence-electron chi connectivity index (χ3n) is 4.51. The minimum absolute atomic E-state index is 0.116. The molecule has 162 valence electrons. The number of hydrogen-bond donors (Lipinski definition) is 1. The SMILES string of the molecule is CCCNC(=O)C(C)N(Cc1ccc(Cl)cc1Cl)C(=O)CSCc1ccccc1F. The highest BCUT2D eigenvalue weighted by Gasteiger charge is 2.26. The van der Waals surface area contributed by atoms with Gasteiger partial charge < -0.3 is 10.2 Å². The summed E-state index contributed by atoms with van der Waals surface area (Å²) in [5.74, 6) is -0.263. The van der Waals surface area contributed by atoms with Crippen LogP contribution in [0.3, 0.4) is 0 Å². The lowest BCUT2D eigenvalue weighted by atomic mass is 10.1. The maximum Gasteiger partial charge on any atom is 0.242 e. The van der Waals surface area contributed by atoms with Gasteiger partial charge in [-0.15, -0.1) is 11.8 Å². The van der Waals surface area contributed by atoms with Crippen LogP contribution in [0.15, 0.2) is 42.5 Å². The van der Waals surface area contributed by atoms with Gasteiger partial charge in [0.1, 0.15) is 11.9 Å². The quantitative estimate of drug-likeness (QED) is 0.511. The number of hydrogen-bond acceptors (Lipinski definition) is 3. The molecule has 0 saturated heterocycles. The highest BCUT2D eigenvalue weighted by molar-refractivity contribution is 7.99. The van der Waals surface area contributed by atoms with Crippen LogP contribution in [0.25, 0.3) is 0 Å². The van der Waals surface area contributed by atoms with Crippen LogP contribution in [0.5, 0.6) is 0 Å². The molecule has 0 aliphatic carbocycles. The molecule has 8 heteroatoms.